The first-order chi connectivity index (χ1) is 10.2. The van der Waals surface area contributed by atoms with Gasteiger partial charge in [0.2, 0.25) is 5.95 Å². The first kappa shape index (κ1) is 14.6. The van der Waals surface area contributed by atoms with E-state index in [-0.39, 0.29) is 17.3 Å². The maximum atomic E-state index is 9.16. The van der Waals surface area contributed by atoms with Gasteiger partial charge in [-0.15, -0.1) is 0 Å². The van der Waals surface area contributed by atoms with E-state index in [0.717, 1.165) is 0 Å². The fourth-order valence-corrected chi connectivity index (χ4v) is 1.77. The van der Waals surface area contributed by atoms with Gasteiger partial charge in [-0.05, 0) is 24.3 Å². The van der Waals surface area contributed by atoms with E-state index in [1.54, 1.807) is 31.4 Å². The van der Waals surface area contributed by atoms with E-state index >= 15 is 0 Å². The number of benzene rings is 1. The molecule has 2 rings (SSSR count). The van der Waals surface area contributed by atoms with Crippen LogP contribution in [0.15, 0.2) is 24.3 Å². The molecule has 7 nitrogen and oxygen atoms in total. The lowest BCUT2D eigenvalue weighted by Crippen LogP contribution is -2.05. The molecule has 21 heavy (non-hydrogen) atoms. The van der Waals surface area contributed by atoms with Gasteiger partial charge in [0, 0.05) is 12.7 Å². The second-order valence-corrected chi connectivity index (χ2v) is 4.17. The molecule has 0 unspecified atom stereocenters. The van der Waals surface area contributed by atoms with Gasteiger partial charge >= 0.3 is 0 Å². The Hall–Kier alpha value is -2.85. The second kappa shape index (κ2) is 6.54. The number of hydrogen-bond acceptors (Lipinski definition) is 7. The van der Waals surface area contributed by atoms with Gasteiger partial charge in [0.05, 0.1) is 12.3 Å². The molecule has 0 saturated heterocycles. The summed E-state index contributed by atoms with van der Waals surface area (Å²) in [6, 6.07) is 9.11. The van der Waals surface area contributed by atoms with Gasteiger partial charge in [-0.1, -0.05) is 0 Å². The minimum absolute atomic E-state index is 0.0296. The zero-order valence-electron chi connectivity index (χ0n) is 11.5. The van der Waals surface area contributed by atoms with Gasteiger partial charge in [0.1, 0.15) is 29.8 Å². The van der Waals surface area contributed by atoms with Gasteiger partial charge in [0.25, 0.3) is 0 Å². The highest BCUT2D eigenvalue weighted by Gasteiger charge is 2.13. The zero-order valence-corrected chi connectivity index (χ0v) is 11.5. The fourth-order valence-electron chi connectivity index (χ4n) is 1.77. The Bertz CT molecular complexity index is 664. The lowest BCUT2D eigenvalue weighted by molar-refractivity contribution is 0.146. The van der Waals surface area contributed by atoms with Gasteiger partial charge in [-0.3, -0.25) is 0 Å². The molecule has 4 N–H and O–H groups in total. The Labute approximate surface area is 122 Å². The van der Waals surface area contributed by atoms with Crippen LogP contribution in [0.25, 0.3) is 11.3 Å². The average Bonchev–Trinajstić information content (AvgIpc) is 2.47. The molecule has 0 aliphatic rings. The predicted molar refractivity (Wildman–Crippen MR) is 78.4 cm³/mol. The summed E-state index contributed by atoms with van der Waals surface area (Å²) in [6.45, 7) is 0.978. The van der Waals surface area contributed by atoms with Crippen LogP contribution in [0.3, 0.4) is 0 Å². The Morgan fingerprint density at radius 1 is 1.14 bits per heavy atom. The van der Waals surface area contributed by atoms with Crippen LogP contribution in [0.1, 0.15) is 5.56 Å². The van der Waals surface area contributed by atoms with Crippen molar-refractivity contribution >= 4 is 11.8 Å². The molecule has 0 saturated carbocycles. The molecule has 0 amide bonds. The number of nitrogens with two attached hydrogens (primary N) is 2. The molecule has 2 aromatic rings. The monoisotopic (exact) mass is 285 g/mol. The van der Waals surface area contributed by atoms with Crippen molar-refractivity contribution in [2.45, 2.75) is 0 Å². The number of rotatable bonds is 5. The molecule has 1 aromatic heterocycles. The second-order valence-electron chi connectivity index (χ2n) is 4.17. The minimum atomic E-state index is 0.0296. The molecule has 0 fully saturated rings. The first-order valence-corrected chi connectivity index (χ1v) is 6.21. The number of methoxy groups -OCH3 is 1. The highest BCUT2D eigenvalue weighted by molar-refractivity contribution is 5.73. The van der Waals surface area contributed by atoms with Crippen LogP contribution in [0.5, 0.6) is 5.75 Å². The summed E-state index contributed by atoms with van der Waals surface area (Å²) in [5, 5.41) is 9.16. The van der Waals surface area contributed by atoms with E-state index in [1.165, 1.54) is 0 Å². The zero-order chi connectivity index (χ0) is 15.2. The number of nitriles is 1. The maximum absolute atomic E-state index is 9.16. The topological polar surface area (TPSA) is 120 Å². The van der Waals surface area contributed by atoms with Crippen LogP contribution in [0.2, 0.25) is 0 Å². The summed E-state index contributed by atoms with van der Waals surface area (Å²) in [4.78, 5) is 7.86. The van der Waals surface area contributed by atoms with Crippen molar-refractivity contribution in [2.75, 3.05) is 31.8 Å². The third-order valence-electron chi connectivity index (χ3n) is 2.75. The molecule has 0 bridgehead atoms. The number of aromatic nitrogens is 2. The van der Waals surface area contributed by atoms with E-state index in [1.807, 2.05) is 6.07 Å². The lowest BCUT2D eigenvalue weighted by atomic mass is 10.1. The van der Waals surface area contributed by atoms with E-state index in [9.17, 15) is 0 Å². The Morgan fingerprint density at radius 3 is 2.48 bits per heavy atom. The number of anilines is 2. The highest BCUT2D eigenvalue weighted by atomic mass is 16.5. The van der Waals surface area contributed by atoms with Crippen molar-refractivity contribution in [2.24, 2.45) is 0 Å². The van der Waals surface area contributed by atoms with Crippen molar-refractivity contribution in [1.29, 1.82) is 5.26 Å². The third-order valence-corrected chi connectivity index (χ3v) is 2.75. The van der Waals surface area contributed by atoms with Crippen molar-refractivity contribution in [3.8, 4) is 23.1 Å². The van der Waals surface area contributed by atoms with Crippen LogP contribution < -0.4 is 16.2 Å². The minimum Gasteiger partial charge on any atom is -0.491 e. The van der Waals surface area contributed by atoms with Gasteiger partial charge in [-0.25, -0.2) is 4.98 Å². The molecule has 0 radical (unpaired) electrons. The Balaban J connectivity index is 2.29. The number of nitrogens with zero attached hydrogens (tertiary/aromatic N) is 3. The largest absolute Gasteiger partial charge is 0.491 e. The molecule has 0 atom stereocenters. The molecule has 1 heterocycles. The molecule has 0 aliphatic carbocycles. The van der Waals surface area contributed by atoms with E-state index in [0.29, 0.717) is 30.2 Å². The Kier molecular flexibility index (Phi) is 4.53. The molecule has 0 spiro atoms. The average molecular weight is 285 g/mol. The SMILES string of the molecule is COCCOc1ccc(-c2nc(N)nc(N)c2C#N)cc1. The molecule has 1 aromatic carbocycles. The summed E-state index contributed by atoms with van der Waals surface area (Å²) < 4.78 is 10.4. The first-order valence-electron chi connectivity index (χ1n) is 6.21. The molecule has 7 heteroatoms. The highest BCUT2D eigenvalue weighted by Crippen LogP contribution is 2.26. The predicted octanol–water partition coefficient (Wildman–Crippen LogP) is 1.20. The summed E-state index contributed by atoms with van der Waals surface area (Å²) in [7, 11) is 1.61. The summed E-state index contributed by atoms with van der Waals surface area (Å²) in [5.74, 6) is 0.798. The summed E-state index contributed by atoms with van der Waals surface area (Å²) in [5.41, 5.74) is 12.6. The smallest absolute Gasteiger partial charge is 0.222 e. The maximum Gasteiger partial charge on any atom is 0.222 e. The van der Waals surface area contributed by atoms with Gasteiger partial charge < -0.3 is 20.9 Å². The van der Waals surface area contributed by atoms with E-state index in [4.69, 9.17) is 26.2 Å². The van der Waals surface area contributed by atoms with Gasteiger partial charge in [0.15, 0.2) is 0 Å². The number of hydrogen-bond donors (Lipinski definition) is 2. The lowest BCUT2D eigenvalue weighted by Gasteiger charge is -2.08. The van der Waals surface area contributed by atoms with Crippen LogP contribution in [0.4, 0.5) is 11.8 Å². The number of ether oxygens (including phenoxy) is 2. The van der Waals surface area contributed by atoms with Crippen molar-refractivity contribution in [3.05, 3.63) is 29.8 Å². The van der Waals surface area contributed by atoms with Crippen molar-refractivity contribution < 1.29 is 9.47 Å². The Morgan fingerprint density at radius 2 is 1.86 bits per heavy atom. The quantitative estimate of drug-likeness (QED) is 0.792. The van der Waals surface area contributed by atoms with Crippen LogP contribution in [-0.2, 0) is 4.74 Å². The molecule has 108 valence electrons. The fraction of sp³-hybridized carbons (Fsp3) is 0.214. The molecular weight excluding hydrogens is 270 g/mol. The van der Waals surface area contributed by atoms with Crippen LogP contribution in [-0.4, -0.2) is 30.3 Å². The van der Waals surface area contributed by atoms with E-state index in [2.05, 4.69) is 9.97 Å². The van der Waals surface area contributed by atoms with E-state index < -0.39 is 0 Å². The molecule has 0 aliphatic heterocycles. The van der Waals surface area contributed by atoms with Crippen molar-refractivity contribution in [1.82, 2.24) is 9.97 Å². The third kappa shape index (κ3) is 3.38. The summed E-state index contributed by atoms with van der Waals surface area (Å²) in [6.07, 6.45) is 0. The summed E-state index contributed by atoms with van der Waals surface area (Å²) >= 11 is 0. The number of nitrogen functional groups attached to an aromatic ring is 2. The van der Waals surface area contributed by atoms with Crippen LogP contribution >= 0.6 is 0 Å². The van der Waals surface area contributed by atoms with Crippen molar-refractivity contribution in [3.63, 3.8) is 0 Å². The van der Waals surface area contributed by atoms with Crippen LogP contribution in [0, 0.1) is 11.3 Å². The normalized spacial score (nSPS) is 10.1. The standard InChI is InChI=1S/C14H15N5O2/c1-20-6-7-21-10-4-2-9(3-5-10)12-11(8-15)13(16)19-14(17)18-12/h2-5H,6-7H2,1H3,(H4,16,17,18,19). The van der Waals surface area contributed by atoms with Gasteiger partial charge in [-0.2, -0.15) is 10.2 Å². The molecular formula is C14H15N5O2.